The molecule has 2 aromatic carbocycles. The summed E-state index contributed by atoms with van der Waals surface area (Å²) in [4.78, 5) is 19.5. The Bertz CT molecular complexity index is 780. The number of para-hydroxylation sites is 1. The molecule has 136 valence electrons. The molecule has 4 nitrogen and oxygen atoms in total. The van der Waals surface area contributed by atoms with E-state index in [9.17, 15) is 4.79 Å². The summed E-state index contributed by atoms with van der Waals surface area (Å²) in [5, 5.41) is 0. The maximum Gasteiger partial charge on any atom is 0.242 e. The first-order valence-electron chi connectivity index (χ1n) is 9.63. The van der Waals surface area contributed by atoms with E-state index >= 15 is 0 Å². The second-order valence-corrected chi connectivity index (χ2v) is 7.36. The number of hydrogen-bond acceptors (Lipinski definition) is 3. The number of fused-ring (bicyclic) bond motifs is 1. The first kappa shape index (κ1) is 17.0. The van der Waals surface area contributed by atoms with Crippen molar-refractivity contribution >= 4 is 17.3 Å². The van der Waals surface area contributed by atoms with Gasteiger partial charge in [0.25, 0.3) is 0 Å². The molecule has 0 saturated carbocycles. The molecule has 1 amide bonds. The summed E-state index contributed by atoms with van der Waals surface area (Å²) in [5.74, 6) is 0.255. The van der Waals surface area contributed by atoms with E-state index in [-0.39, 0.29) is 5.91 Å². The topological polar surface area (TPSA) is 26.8 Å². The van der Waals surface area contributed by atoms with Gasteiger partial charge in [0.15, 0.2) is 0 Å². The third-order valence-electron chi connectivity index (χ3n) is 5.53. The average Bonchev–Trinajstić information content (AvgIpc) is 2.68. The quantitative estimate of drug-likeness (QED) is 0.852. The Morgan fingerprint density at radius 1 is 0.962 bits per heavy atom. The van der Waals surface area contributed by atoms with Crippen LogP contribution in [-0.2, 0) is 11.2 Å². The molecule has 0 radical (unpaired) electrons. The monoisotopic (exact) mass is 349 g/mol. The molecule has 0 spiro atoms. The molecule has 2 aromatic rings. The number of aryl methyl sites for hydroxylation is 2. The molecule has 2 aliphatic rings. The van der Waals surface area contributed by atoms with E-state index < -0.39 is 0 Å². The highest BCUT2D eigenvalue weighted by Crippen LogP contribution is 2.26. The van der Waals surface area contributed by atoms with Crippen LogP contribution in [-0.4, -0.2) is 50.1 Å². The maximum atomic E-state index is 12.8. The fourth-order valence-corrected chi connectivity index (χ4v) is 4.08. The molecule has 2 aliphatic heterocycles. The number of rotatable bonds is 3. The molecule has 0 atom stereocenters. The number of piperazine rings is 1. The molecule has 1 fully saturated rings. The van der Waals surface area contributed by atoms with Crippen LogP contribution in [0.25, 0.3) is 0 Å². The lowest BCUT2D eigenvalue weighted by atomic mass is 10.0. The lowest BCUT2D eigenvalue weighted by molar-refractivity contribution is -0.130. The standard InChI is InChI=1S/C22H27N3O/c1-18-6-4-9-20(16-18)23-12-14-24(15-13-23)22(26)17-25-11-5-8-19-7-2-3-10-21(19)25/h2-4,6-7,9-10,16H,5,8,11-15,17H2,1H3. The predicted molar refractivity (Wildman–Crippen MR) is 107 cm³/mol. The minimum absolute atomic E-state index is 0.255. The summed E-state index contributed by atoms with van der Waals surface area (Å²) in [7, 11) is 0. The number of carbonyl (C=O) groups is 1. The molecule has 26 heavy (non-hydrogen) atoms. The van der Waals surface area contributed by atoms with Crippen molar-refractivity contribution in [3.63, 3.8) is 0 Å². The predicted octanol–water partition coefficient (Wildman–Crippen LogP) is 3.10. The van der Waals surface area contributed by atoms with Crippen molar-refractivity contribution in [2.24, 2.45) is 0 Å². The molecule has 0 aliphatic carbocycles. The smallest absolute Gasteiger partial charge is 0.242 e. The van der Waals surface area contributed by atoms with E-state index in [2.05, 4.69) is 65.3 Å². The van der Waals surface area contributed by atoms with Crippen LogP contribution in [0.1, 0.15) is 17.5 Å². The summed E-state index contributed by atoms with van der Waals surface area (Å²) in [6, 6.07) is 17.1. The SMILES string of the molecule is Cc1cccc(N2CCN(C(=O)CN3CCCc4ccccc43)CC2)c1. The van der Waals surface area contributed by atoms with Gasteiger partial charge in [-0.25, -0.2) is 0 Å². The number of carbonyl (C=O) groups excluding carboxylic acids is 1. The summed E-state index contributed by atoms with van der Waals surface area (Å²) in [5.41, 5.74) is 5.16. The first-order chi connectivity index (χ1) is 12.7. The Kier molecular flexibility index (Phi) is 4.83. The highest BCUT2D eigenvalue weighted by Gasteiger charge is 2.25. The number of nitrogens with zero attached hydrogens (tertiary/aromatic N) is 3. The van der Waals surface area contributed by atoms with Crippen LogP contribution in [0.2, 0.25) is 0 Å². The van der Waals surface area contributed by atoms with Gasteiger partial charge in [-0.15, -0.1) is 0 Å². The van der Waals surface area contributed by atoms with Gasteiger partial charge >= 0.3 is 0 Å². The number of hydrogen-bond donors (Lipinski definition) is 0. The largest absolute Gasteiger partial charge is 0.368 e. The highest BCUT2D eigenvalue weighted by molar-refractivity contribution is 5.82. The van der Waals surface area contributed by atoms with Gasteiger partial charge in [0.1, 0.15) is 0 Å². The van der Waals surface area contributed by atoms with Gasteiger partial charge in [-0.1, -0.05) is 30.3 Å². The lowest BCUT2D eigenvalue weighted by Gasteiger charge is -2.38. The minimum Gasteiger partial charge on any atom is -0.368 e. The van der Waals surface area contributed by atoms with Crippen molar-refractivity contribution in [2.45, 2.75) is 19.8 Å². The van der Waals surface area contributed by atoms with Gasteiger partial charge in [-0.2, -0.15) is 0 Å². The number of anilines is 2. The van der Waals surface area contributed by atoms with Crippen LogP contribution < -0.4 is 9.80 Å². The zero-order chi connectivity index (χ0) is 17.9. The molecule has 0 bridgehead atoms. The first-order valence-corrected chi connectivity index (χ1v) is 9.63. The van der Waals surface area contributed by atoms with Gasteiger partial charge in [0.2, 0.25) is 5.91 Å². The normalized spacial score (nSPS) is 17.2. The second kappa shape index (κ2) is 7.40. The average molecular weight is 349 g/mol. The van der Waals surface area contributed by atoms with E-state index in [0.29, 0.717) is 6.54 Å². The van der Waals surface area contributed by atoms with Crippen molar-refractivity contribution in [3.05, 3.63) is 59.7 Å². The summed E-state index contributed by atoms with van der Waals surface area (Å²) < 4.78 is 0. The summed E-state index contributed by atoms with van der Waals surface area (Å²) in [6.07, 6.45) is 2.25. The van der Waals surface area contributed by atoms with E-state index in [1.54, 1.807) is 0 Å². The van der Waals surface area contributed by atoms with Crippen molar-refractivity contribution in [1.29, 1.82) is 0 Å². The maximum absolute atomic E-state index is 12.8. The van der Waals surface area contributed by atoms with E-state index in [0.717, 1.165) is 45.6 Å². The van der Waals surface area contributed by atoms with E-state index in [1.807, 2.05) is 4.90 Å². The van der Waals surface area contributed by atoms with E-state index in [4.69, 9.17) is 0 Å². The van der Waals surface area contributed by atoms with Gasteiger partial charge in [-0.3, -0.25) is 4.79 Å². The van der Waals surface area contributed by atoms with Crippen LogP contribution in [0.4, 0.5) is 11.4 Å². The van der Waals surface area contributed by atoms with Crippen LogP contribution in [0.5, 0.6) is 0 Å². The van der Waals surface area contributed by atoms with Gasteiger partial charge < -0.3 is 14.7 Å². The summed E-state index contributed by atoms with van der Waals surface area (Å²) in [6.45, 7) is 7.04. The Hall–Kier alpha value is -2.49. The molecule has 0 N–H and O–H groups in total. The van der Waals surface area contributed by atoms with Gasteiger partial charge in [-0.05, 0) is 49.1 Å². The zero-order valence-electron chi connectivity index (χ0n) is 15.5. The summed E-state index contributed by atoms with van der Waals surface area (Å²) >= 11 is 0. The molecule has 1 saturated heterocycles. The van der Waals surface area contributed by atoms with Crippen molar-refractivity contribution < 1.29 is 4.79 Å². The minimum atomic E-state index is 0.255. The van der Waals surface area contributed by atoms with Crippen LogP contribution in [0.3, 0.4) is 0 Å². The molecular formula is C22H27N3O. The van der Waals surface area contributed by atoms with Crippen molar-refractivity contribution in [2.75, 3.05) is 49.1 Å². The van der Waals surface area contributed by atoms with Crippen molar-refractivity contribution in [1.82, 2.24) is 4.90 Å². The third-order valence-corrected chi connectivity index (χ3v) is 5.53. The molecule has 0 unspecified atom stereocenters. The Morgan fingerprint density at radius 3 is 2.58 bits per heavy atom. The second-order valence-electron chi connectivity index (χ2n) is 7.36. The molecule has 4 heteroatoms. The molecule has 4 rings (SSSR count). The molecular weight excluding hydrogens is 322 g/mol. The van der Waals surface area contributed by atoms with Gasteiger partial charge in [0.05, 0.1) is 6.54 Å². The fraction of sp³-hybridized carbons (Fsp3) is 0.409. The highest BCUT2D eigenvalue weighted by atomic mass is 16.2. The van der Waals surface area contributed by atoms with Crippen LogP contribution in [0, 0.1) is 6.92 Å². The Labute approximate surface area is 156 Å². The fourth-order valence-electron chi connectivity index (χ4n) is 4.08. The van der Waals surface area contributed by atoms with Crippen LogP contribution in [0.15, 0.2) is 48.5 Å². The number of amides is 1. The van der Waals surface area contributed by atoms with Gasteiger partial charge in [0, 0.05) is 44.1 Å². The van der Waals surface area contributed by atoms with E-state index in [1.165, 1.54) is 22.5 Å². The third kappa shape index (κ3) is 3.55. The van der Waals surface area contributed by atoms with Crippen LogP contribution >= 0.6 is 0 Å². The Balaban J connectivity index is 1.36. The lowest BCUT2D eigenvalue weighted by Crippen LogP contribution is -2.51. The molecule has 0 aromatic heterocycles. The van der Waals surface area contributed by atoms with Crippen molar-refractivity contribution in [3.8, 4) is 0 Å². The molecule has 2 heterocycles. The number of benzene rings is 2. The zero-order valence-corrected chi connectivity index (χ0v) is 15.5. The Morgan fingerprint density at radius 2 is 1.77 bits per heavy atom.